The fourth-order valence-corrected chi connectivity index (χ4v) is 3.41. The molecule has 8 nitrogen and oxygen atoms in total. The summed E-state index contributed by atoms with van der Waals surface area (Å²) in [6, 6.07) is 11.3. The van der Waals surface area contributed by atoms with E-state index in [0.29, 0.717) is 23.3 Å². The van der Waals surface area contributed by atoms with E-state index in [0.717, 1.165) is 28.8 Å². The molecule has 3 heterocycles. The Labute approximate surface area is 159 Å². The maximum Gasteiger partial charge on any atom is 0.283 e. The van der Waals surface area contributed by atoms with Gasteiger partial charge in [-0.2, -0.15) is 0 Å². The first-order chi connectivity index (χ1) is 13.3. The Morgan fingerprint density at radius 2 is 1.93 bits per heavy atom. The highest BCUT2D eigenvalue weighted by atomic mass is 32.2. The Bertz CT molecular complexity index is 1010. The van der Waals surface area contributed by atoms with E-state index in [1.165, 1.54) is 11.8 Å². The number of benzene rings is 1. The first-order valence-electron chi connectivity index (χ1n) is 8.35. The molecule has 0 unspecified atom stereocenters. The van der Waals surface area contributed by atoms with Gasteiger partial charge in [0.2, 0.25) is 5.89 Å². The predicted molar refractivity (Wildman–Crippen MR) is 99.2 cm³/mol. The second-order valence-electron chi connectivity index (χ2n) is 5.55. The quantitative estimate of drug-likeness (QED) is 0.444. The van der Waals surface area contributed by atoms with Crippen LogP contribution in [0.5, 0.6) is 5.75 Å². The molecule has 27 heavy (non-hydrogen) atoms. The highest BCUT2D eigenvalue weighted by molar-refractivity contribution is 7.98. The molecule has 0 fully saturated rings. The van der Waals surface area contributed by atoms with Crippen LogP contribution in [0.15, 0.2) is 56.7 Å². The molecule has 0 saturated carbocycles. The van der Waals surface area contributed by atoms with Gasteiger partial charge >= 0.3 is 0 Å². The van der Waals surface area contributed by atoms with Crippen molar-refractivity contribution in [3.63, 3.8) is 0 Å². The van der Waals surface area contributed by atoms with Crippen LogP contribution in [0.2, 0.25) is 0 Å². The van der Waals surface area contributed by atoms with Crippen LogP contribution in [0.1, 0.15) is 12.8 Å². The largest absolute Gasteiger partial charge is 0.497 e. The molecule has 0 amide bonds. The molecule has 138 valence electrons. The van der Waals surface area contributed by atoms with Crippen molar-refractivity contribution >= 4 is 11.8 Å². The van der Waals surface area contributed by atoms with Crippen LogP contribution < -0.4 is 4.74 Å². The zero-order valence-corrected chi connectivity index (χ0v) is 15.6. The third-order valence-electron chi connectivity index (χ3n) is 3.90. The monoisotopic (exact) mass is 383 g/mol. The molecule has 4 rings (SSSR count). The van der Waals surface area contributed by atoms with E-state index in [4.69, 9.17) is 13.6 Å². The van der Waals surface area contributed by atoms with Crippen LogP contribution in [0, 0.1) is 0 Å². The molecule has 0 saturated heterocycles. The molecule has 1 aromatic carbocycles. The summed E-state index contributed by atoms with van der Waals surface area (Å²) in [5.74, 6) is 3.53. The van der Waals surface area contributed by atoms with Crippen molar-refractivity contribution in [1.29, 1.82) is 0 Å². The van der Waals surface area contributed by atoms with Crippen molar-refractivity contribution in [1.82, 2.24) is 25.0 Å². The number of nitrogens with zero attached hydrogens (tertiary/aromatic N) is 5. The molecule has 0 radical (unpaired) electrons. The third kappa shape index (κ3) is 3.59. The number of furan rings is 1. The van der Waals surface area contributed by atoms with E-state index < -0.39 is 0 Å². The van der Waals surface area contributed by atoms with Gasteiger partial charge in [-0.25, -0.2) is 0 Å². The van der Waals surface area contributed by atoms with E-state index >= 15 is 0 Å². The minimum atomic E-state index is 0.367. The lowest BCUT2D eigenvalue weighted by Gasteiger charge is -2.07. The predicted octanol–water partition coefficient (Wildman–Crippen LogP) is 3.91. The lowest BCUT2D eigenvalue weighted by molar-refractivity contribution is 0.415. The summed E-state index contributed by atoms with van der Waals surface area (Å²) in [5.41, 5.74) is 0.981. The SMILES string of the molecule is CCn1c(SCc2nnc(-c3ccco3)o2)nnc1-c1ccc(OC)cc1. The Morgan fingerprint density at radius 3 is 2.63 bits per heavy atom. The summed E-state index contributed by atoms with van der Waals surface area (Å²) in [6.45, 7) is 2.81. The van der Waals surface area contributed by atoms with Gasteiger partial charge in [0.05, 0.1) is 19.1 Å². The zero-order valence-electron chi connectivity index (χ0n) is 14.8. The first kappa shape index (κ1) is 17.3. The number of hydrogen-bond acceptors (Lipinski definition) is 8. The lowest BCUT2D eigenvalue weighted by Crippen LogP contribution is -2.00. The maximum atomic E-state index is 5.63. The Kier molecular flexibility index (Phi) is 4.93. The number of thioether (sulfide) groups is 1. The molecule has 4 aromatic rings. The molecule has 0 aliphatic rings. The number of ether oxygens (including phenoxy) is 1. The van der Waals surface area contributed by atoms with Crippen molar-refractivity contribution in [2.24, 2.45) is 0 Å². The molecular weight excluding hydrogens is 366 g/mol. The van der Waals surface area contributed by atoms with Gasteiger partial charge in [0.25, 0.3) is 5.89 Å². The fraction of sp³-hybridized carbons (Fsp3) is 0.222. The van der Waals surface area contributed by atoms with Crippen LogP contribution >= 0.6 is 11.8 Å². The summed E-state index contributed by atoms with van der Waals surface area (Å²) >= 11 is 1.50. The van der Waals surface area contributed by atoms with E-state index in [2.05, 4.69) is 31.9 Å². The number of aromatic nitrogens is 5. The van der Waals surface area contributed by atoms with Gasteiger partial charge in [-0.1, -0.05) is 11.8 Å². The Balaban J connectivity index is 1.50. The second kappa shape index (κ2) is 7.67. The topological polar surface area (TPSA) is 92.0 Å². The smallest absolute Gasteiger partial charge is 0.283 e. The number of methoxy groups -OCH3 is 1. The summed E-state index contributed by atoms with van der Waals surface area (Å²) in [4.78, 5) is 0. The van der Waals surface area contributed by atoms with Gasteiger partial charge < -0.3 is 18.1 Å². The average Bonchev–Trinajstić information content (AvgIpc) is 3.46. The van der Waals surface area contributed by atoms with E-state index in [-0.39, 0.29) is 0 Å². The molecular formula is C18H17N5O3S. The van der Waals surface area contributed by atoms with Gasteiger partial charge in [-0.05, 0) is 43.3 Å². The van der Waals surface area contributed by atoms with Crippen molar-refractivity contribution < 1.29 is 13.6 Å². The van der Waals surface area contributed by atoms with Gasteiger partial charge in [0, 0.05) is 12.1 Å². The van der Waals surface area contributed by atoms with Gasteiger partial charge in [0.1, 0.15) is 5.75 Å². The van der Waals surface area contributed by atoms with Crippen molar-refractivity contribution in [2.45, 2.75) is 24.4 Å². The average molecular weight is 383 g/mol. The summed E-state index contributed by atoms with van der Waals surface area (Å²) in [6.07, 6.45) is 1.57. The summed E-state index contributed by atoms with van der Waals surface area (Å²) in [5, 5.41) is 17.5. The van der Waals surface area contributed by atoms with E-state index in [1.54, 1.807) is 25.5 Å². The zero-order chi connectivity index (χ0) is 18.6. The molecule has 3 aromatic heterocycles. The Morgan fingerprint density at radius 1 is 1.07 bits per heavy atom. The minimum Gasteiger partial charge on any atom is -0.497 e. The molecule has 0 bridgehead atoms. The number of rotatable bonds is 7. The van der Waals surface area contributed by atoms with Crippen LogP contribution in [-0.4, -0.2) is 32.1 Å². The van der Waals surface area contributed by atoms with Crippen molar-refractivity contribution in [3.8, 4) is 28.8 Å². The van der Waals surface area contributed by atoms with Gasteiger partial charge in [-0.15, -0.1) is 20.4 Å². The summed E-state index contributed by atoms with van der Waals surface area (Å²) < 4.78 is 18.2. The normalized spacial score (nSPS) is 11.0. The van der Waals surface area contributed by atoms with Crippen LogP contribution in [-0.2, 0) is 12.3 Å². The Hall–Kier alpha value is -3.07. The fourth-order valence-electron chi connectivity index (χ4n) is 2.57. The molecule has 0 N–H and O–H groups in total. The van der Waals surface area contributed by atoms with Crippen LogP contribution in [0.25, 0.3) is 23.0 Å². The maximum absolute atomic E-state index is 5.63. The lowest BCUT2D eigenvalue weighted by atomic mass is 10.2. The van der Waals surface area contributed by atoms with E-state index in [1.807, 2.05) is 24.3 Å². The third-order valence-corrected chi connectivity index (χ3v) is 4.86. The van der Waals surface area contributed by atoms with Gasteiger partial charge in [0.15, 0.2) is 16.7 Å². The van der Waals surface area contributed by atoms with E-state index in [9.17, 15) is 0 Å². The minimum absolute atomic E-state index is 0.367. The van der Waals surface area contributed by atoms with Gasteiger partial charge in [-0.3, -0.25) is 0 Å². The van der Waals surface area contributed by atoms with Crippen LogP contribution in [0.4, 0.5) is 0 Å². The summed E-state index contributed by atoms with van der Waals surface area (Å²) in [7, 11) is 1.65. The standard InChI is InChI=1S/C18H17N5O3S/c1-3-23-16(12-6-8-13(24-2)9-7-12)20-22-18(23)27-11-15-19-21-17(26-15)14-5-4-10-25-14/h4-10H,3,11H2,1-2H3. The molecule has 0 spiro atoms. The van der Waals surface area contributed by atoms with Crippen molar-refractivity contribution in [2.75, 3.05) is 7.11 Å². The molecule has 0 atom stereocenters. The highest BCUT2D eigenvalue weighted by Gasteiger charge is 2.16. The van der Waals surface area contributed by atoms with Crippen molar-refractivity contribution in [3.05, 3.63) is 48.6 Å². The second-order valence-corrected chi connectivity index (χ2v) is 6.49. The highest BCUT2D eigenvalue weighted by Crippen LogP contribution is 2.28. The molecule has 0 aliphatic carbocycles. The molecule has 0 aliphatic heterocycles. The first-order valence-corrected chi connectivity index (χ1v) is 9.33. The molecule has 9 heteroatoms. The van der Waals surface area contributed by atoms with Crippen LogP contribution in [0.3, 0.4) is 0 Å². The number of hydrogen-bond donors (Lipinski definition) is 0.